The Morgan fingerprint density at radius 3 is 2.87 bits per heavy atom. The summed E-state index contributed by atoms with van der Waals surface area (Å²) in [5, 5.41) is 7.70. The van der Waals surface area contributed by atoms with Crippen LogP contribution in [0.3, 0.4) is 0 Å². The van der Waals surface area contributed by atoms with E-state index in [4.69, 9.17) is 11.6 Å². The highest BCUT2D eigenvalue weighted by atomic mass is 35.5. The van der Waals surface area contributed by atoms with Gasteiger partial charge < -0.3 is 10.6 Å². The van der Waals surface area contributed by atoms with Gasteiger partial charge in [-0.2, -0.15) is 0 Å². The van der Waals surface area contributed by atoms with E-state index in [2.05, 4.69) is 23.6 Å². The highest BCUT2D eigenvalue weighted by Crippen LogP contribution is 2.37. The highest BCUT2D eigenvalue weighted by Gasteiger charge is 2.24. The zero-order chi connectivity index (χ0) is 10.4. The fourth-order valence-corrected chi connectivity index (χ4v) is 2.15. The lowest BCUT2D eigenvalue weighted by Crippen LogP contribution is -2.29. The minimum Gasteiger partial charge on any atom is -0.365 e. The fourth-order valence-electron chi connectivity index (χ4n) is 1.97. The Bertz CT molecular complexity index is 445. The number of nitrogens with one attached hydrogen (secondary N) is 2. The van der Waals surface area contributed by atoms with Crippen molar-refractivity contribution in [3.05, 3.63) is 40.2 Å². The van der Waals surface area contributed by atoms with Gasteiger partial charge in [0.15, 0.2) is 0 Å². The average Bonchev–Trinajstić information content (AvgIpc) is 3.02. The van der Waals surface area contributed by atoms with Crippen LogP contribution in [0, 0.1) is 0 Å². The minimum absolute atomic E-state index is 0.336. The quantitative estimate of drug-likeness (QED) is 0.700. The lowest BCUT2D eigenvalue weighted by molar-refractivity contribution is 0.638. The predicted octanol–water partition coefficient (Wildman–Crippen LogP) is 3.42. The van der Waals surface area contributed by atoms with E-state index >= 15 is 0 Å². The molecular weight excluding hydrogens is 208 g/mol. The summed E-state index contributed by atoms with van der Waals surface area (Å²) in [6.45, 7) is 2.17. The molecule has 0 aromatic heterocycles. The molecule has 0 spiro atoms. The molecule has 1 fully saturated rings. The Kier molecular flexibility index (Phi) is 1.93. The second-order valence-electron chi connectivity index (χ2n) is 4.20. The maximum Gasteiger partial charge on any atom is 0.103 e. The SMILES string of the molecule is CC1NC(=C2CC2)Nc2ccc(Cl)cc21. The Hall–Kier alpha value is -1.15. The number of benzene rings is 1. The summed E-state index contributed by atoms with van der Waals surface area (Å²) in [5.74, 6) is 1.21. The fraction of sp³-hybridized carbons (Fsp3) is 0.333. The molecule has 0 amide bonds. The van der Waals surface area contributed by atoms with Crippen molar-refractivity contribution in [2.24, 2.45) is 0 Å². The van der Waals surface area contributed by atoms with Crippen molar-refractivity contribution in [2.45, 2.75) is 25.8 Å². The molecule has 0 bridgehead atoms. The van der Waals surface area contributed by atoms with Crippen molar-refractivity contribution >= 4 is 17.3 Å². The van der Waals surface area contributed by atoms with Crippen molar-refractivity contribution in [3.63, 3.8) is 0 Å². The van der Waals surface area contributed by atoms with Crippen LogP contribution in [-0.2, 0) is 0 Å². The van der Waals surface area contributed by atoms with Gasteiger partial charge >= 0.3 is 0 Å². The molecule has 2 aliphatic rings. The second kappa shape index (κ2) is 3.17. The summed E-state index contributed by atoms with van der Waals surface area (Å²) in [6, 6.07) is 6.34. The van der Waals surface area contributed by atoms with Gasteiger partial charge in [0.2, 0.25) is 0 Å². The largest absolute Gasteiger partial charge is 0.365 e. The number of hydrogen-bond acceptors (Lipinski definition) is 2. The molecule has 78 valence electrons. The summed E-state index contributed by atoms with van der Waals surface area (Å²) in [7, 11) is 0. The molecule has 1 aliphatic heterocycles. The van der Waals surface area contributed by atoms with Gasteiger partial charge in [0.1, 0.15) is 5.82 Å². The molecule has 1 aromatic rings. The topological polar surface area (TPSA) is 24.1 Å². The summed E-state index contributed by atoms with van der Waals surface area (Å²) in [5.41, 5.74) is 3.93. The summed E-state index contributed by atoms with van der Waals surface area (Å²) < 4.78 is 0. The third-order valence-corrected chi connectivity index (χ3v) is 3.19. The Morgan fingerprint density at radius 2 is 2.13 bits per heavy atom. The monoisotopic (exact) mass is 220 g/mol. The molecule has 3 heteroatoms. The van der Waals surface area contributed by atoms with E-state index in [0.29, 0.717) is 6.04 Å². The molecule has 2 nitrogen and oxygen atoms in total. The van der Waals surface area contributed by atoms with Crippen molar-refractivity contribution in [3.8, 4) is 0 Å². The van der Waals surface area contributed by atoms with Crippen LogP contribution in [-0.4, -0.2) is 0 Å². The first-order valence-electron chi connectivity index (χ1n) is 5.29. The molecule has 2 N–H and O–H groups in total. The van der Waals surface area contributed by atoms with Crippen LogP contribution in [0.4, 0.5) is 5.69 Å². The van der Waals surface area contributed by atoms with E-state index in [0.717, 1.165) is 5.02 Å². The highest BCUT2D eigenvalue weighted by molar-refractivity contribution is 6.30. The summed E-state index contributed by atoms with van der Waals surface area (Å²) >= 11 is 5.99. The van der Waals surface area contributed by atoms with Gasteiger partial charge in [0.25, 0.3) is 0 Å². The maximum absolute atomic E-state index is 5.99. The second-order valence-corrected chi connectivity index (χ2v) is 4.64. The lowest BCUT2D eigenvalue weighted by Gasteiger charge is -2.28. The molecule has 1 heterocycles. The van der Waals surface area contributed by atoms with Gasteiger partial charge in [0, 0.05) is 10.7 Å². The van der Waals surface area contributed by atoms with Crippen LogP contribution >= 0.6 is 11.6 Å². The lowest BCUT2D eigenvalue weighted by atomic mass is 10.0. The first kappa shape index (κ1) is 9.10. The number of anilines is 1. The first-order chi connectivity index (χ1) is 7.24. The third kappa shape index (κ3) is 1.59. The Morgan fingerprint density at radius 1 is 1.33 bits per heavy atom. The van der Waals surface area contributed by atoms with Crippen LogP contribution in [0.5, 0.6) is 0 Å². The molecule has 1 saturated carbocycles. The van der Waals surface area contributed by atoms with E-state index in [1.807, 2.05) is 12.1 Å². The van der Waals surface area contributed by atoms with Gasteiger partial charge in [-0.1, -0.05) is 11.6 Å². The predicted molar refractivity (Wildman–Crippen MR) is 62.9 cm³/mol. The summed E-state index contributed by atoms with van der Waals surface area (Å²) in [6.07, 6.45) is 2.45. The normalized spacial score (nSPS) is 22.9. The van der Waals surface area contributed by atoms with Crippen LogP contribution in [0.25, 0.3) is 0 Å². The molecule has 1 aliphatic carbocycles. The average molecular weight is 221 g/mol. The van der Waals surface area contributed by atoms with Crippen molar-refractivity contribution in [1.29, 1.82) is 0 Å². The number of rotatable bonds is 0. The van der Waals surface area contributed by atoms with E-state index in [9.17, 15) is 0 Å². The number of hydrogen-bond donors (Lipinski definition) is 2. The van der Waals surface area contributed by atoms with Crippen LogP contribution in [0.2, 0.25) is 5.02 Å². The van der Waals surface area contributed by atoms with E-state index in [1.54, 1.807) is 0 Å². The van der Waals surface area contributed by atoms with Crippen molar-refractivity contribution < 1.29 is 0 Å². The van der Waals surface area contributed by atoms with Crippen molar-refractivity contribution in [2.75, 3.05) is 5.32 Å². The van der Waals surface area contributed by atoms with Gasteiger partial charge in [-0.15, -0.1) is 0 Å². The van der Waals surface area contributed by atoms with Gasteiger partial charge in [-0.3, -0.25) is 0 Å². The molecule has 1 unspecified atom stereocenters. The van der Waals surface area contributed by atoms with Crippen LogP contribution in [0.15, 0.2) is 29.6 Å². The van der Waals surface area contributed by atoms with Crippen molar-refractivity contribution in [1.82, 2.24) is 5.32 Å². The molecule has 1 aromatic carbocycles. The van der Waals surface area contributed by atoms with E-state index < -0.39 is 0 Å². The zero-order valence-corrected chi connectivity index (χ0v) is 9.36. The molecular formula is C12H13ClN2. The smallest absolute Gasteiger partial charge is 0.103 e. The maximum atomic E-state index is 5.99. The van der Waals surface area contributed by atoms with Gasteiger partial charge in [0.05, 0.1) is 6.04 Å². The van der Waals surface area contributed by atoms with E-state index in [1.165, 1.54) is 35.5 Å². The van der Waals surface area contributed by atoms with Gasteiger partial charge in [-0.05, 0) is 49.1 Å². The molecule has 0 saturated heterocycles. The number of halogens is 1. The standard InChI is InChI=1S/C12H13ClN2/c1-7-10-6-9(13)4-5-11(10)15-12(14-7)8-2-3-8/h4-7,14-15H,2-3H2,1H3. The zero-order valence-electron chi connectivity index (χ0n) is 8.60. The third-order valence-electron chi connectivity index (χ3n) is 2.95. The first-order valence-corrected chi connectivity index (χ1v) is 5.67. The minimum atomic E-state index is 0.336. The molecule has 15 heavy (non-hydrogen) atoms. The Balaban J connectivity index is 2.04. The van der Waals surface area contributed by atoms with Gasteiger partial charge in [-0.25, -0.2) is 0 Å². The van der Waals surface area contributed by atoms with E-state index in [-0.39, 0.29) is 0 Å². The van der Waals surface area contributed by atoms with Crippen LogP contribution in [0.1, 0.15) is 31.4 Å². The number of allylic oxidation sites excluding steroid dienone is 1. The Labute approximate surface area is 94.3 Å². The molecule has 0 radical (unpaired) electrons. The number of fused-ring (bicyclic) bond motifs is 1. The molecule has 3 rings (SSSR count). The van der Waals surface area contributed by atoms with Crippen LogP contribution < -0.4 is 10.6 Å². The summed E-state index contributed by atoms with van der Waals surface area (Å²) in [4.78, 5) is 0. The molecule has 1 atom stereocenters.